The van der Waals surface area contributed by atoms with Crippen LogP contribution < -0.4 is 5.73 Å². The summed E-state index contributed by atoms with van der Waals surface area (Å²) in [6.07, 6.45) is 7.35. The van der Waals surface area contributed by atoms with Crippen molar-refractivity contribution in [2.24, 2.45) is 0 Å². The van der Waals surface area contributed by atoms with Gasteiger partial charge in [0, 0.05) is 6.07 Å². The van der Waals surface area contributed by atoms with Gasteiger partial charge in [-0.15, -0.1) is 0 Å². The quantitative estimate of drug-likeness (QED) is 0.718. The maximum Gasteiger partial charge on any atom is 0.122 e. The van der Waals surface area contributed by atoms with Gasteiger partial charge in [0.05, 0.1) is 11.7 Å². The molecule has 0 aliphatic heterocycles. The fraction of sp³-hybridized carbons (Fsp3) is 0.769. The van der Waals surface area contributed by atoms with Crippen LogP contribution in [0.2, 0.25) is 0 Å². The molecule has 92 valence electrons. The Morgan fingerprint density at radius 1 is 1.31 bits per heavy atom. The molecule has 0 aliphatic rings. The number of nitrogen functional groups attached to an aromatic ring is 1. The number of nitrogens with zero attached hydrogens (tertiary/aromatic N) is 2. The standard InChI is InChI=1S/C13H25N3/c1-4-6-7-8-9-11(3)16-13(14)10-12(5-2)15-16/h10-11H,4-9,14H2,1-3H3. The van der Waals surface area contributed by atoms with Crippen molar-refractivity contribution in [1.82, 2.24) is 9.78 Å². The molecule has 0 spiro atoms. The number of aromatic nitrogens is 2. The van der Waals surface area contributed by atoms with Crippen molar-refractivity contribution in [3.63, 3.8) is 0 Å². The van der Waals surface area contributed by atoms with Crippen molar-refractivity contribution in [2.75, 3.05) is 5.73 Å². The second-order valence-corrected chi connectivity index (χ2v) is 4.56. The molecule has 0 amide bonds. The van der Waals surface area contributed by atoms with Gasteiger partial charge in [-0.1, -0.05) is 39.5 Å². The monoisotopic (exact) mass is 223 g/mol. The van der Waals surface area contributed by atoms with Gasteiger partial charge in [-0.3, -0.25) is 0 Å². The molecule has 0 saturated heterocycles. The molecule has 0 saturated carbocycles. The summed E-state index contributed by atoms with van der Waals surface area (Å²) in [6, 6.07) is 2.42. The van der Waals surface area contributed by atoms with E-state index in [-0.39, 0.29) is 0 Å². The Balaban J connectivity index is 2.45. The van der Waals surface area contributed by atoms with Crippen LogP contribution in [0, 0.1) is 0 Å². The Morgan fingerprint density at radius 2 is 2.06 bits per heavy atom. The van der Waals surface area contributed by atoms with Crippen LogP contribution in [0.1, 0.15) is 64.6 Å². The first-order valence-electron chi connectivity index (χ1n) is 6.52. The van der Waals surface area contributed by atoms with Gasteiger partial charge < -0.3 is 5.73 Å². The highest BCUT2D eigenvalue weighted by atomic mass is 15.3. The van der Waals surface area contributed by atoms with E-state index >= 15 is 0 Å². The van der Waals surface area contributed by atoms with Crippen LogP contribution in [0.5, 0.6) is 0 Å². The van der Waals surface area contributed by atoms with Gasteiger partial charge in [0.2, 0.25) is 0 Å². The third kappa shape index (κ3) is 3.54. The lowest BCUT2D eigenvalue weighted by molar-refractivity contribution is 0.438. The Morgan fingerprint density at radius 3 is 2.62 bits per heavy atom. The fourth-order valence-corrected chi connectivity index (χ4v) is 1.98. The number of anilines is 1. The molecule has 0 fully saturated rings. The van der Waals surface area contributed by atoms with Gasteiger partial charge in [-0.05, 0) is 19.8 Å². The van der Waals surface area contributed by atoms with Crippen LogP contribution in [0.3, 0.4) is 0 Å². The normalized spacial score (nSPS) is 12.9. The minimum absolute atomic E-state index is 0.428. The van der Waals surface area contributed by atoms with E-state index in [4.69, 9.17) is 5.73 Å². The molecular formula is C13H25N3. The zero-order valence-corrected chi connectivity index (χ0v) is 10.9. The van der Waals surface area contributed by atoms with E-state index in [1.807, 2.05) is 10.7 Å². The van der Waals surface area contributed by atoms with Crippen molar-refractivity contribution in [3.05, 3.63) is 11.8 Å². The first-order valence-corrected chi connectivity index (χ1v) is 6.52. The number of hydrogen-bond donors (Lipinski definition) is 1. The molecule has 1 heterocycles. The third-order valence-corrected chi connectivity index (χ3v) is 3.07. The summed E-state index contributed by atoms with van der Waals surface area (Å²) in [6.45, 7) is 6.55. The van der Waals surface area contributed by atoms with Gasteiger partial charge >= 0.3 is 0 Å². The van der Waals surface area contributed by atoms with Crippen molar-refractivity contribution >= 4 is 5.82 Å². The van der Waals surface area contributed by atoms with Gasteiger partial charge in [0.1, 0.15) is 5.82 Å². The summed E-state index contributed by atoms with van der Waals surface area (Å²) >= 11 is 0. The minimum atomic E-state index is 0.428. The molecule has 0 radical (unpaired) electrons. The lowest BCUT2D eigenvalue weighted by atomic mass is 10.1. The van der Waals surface area contributed by atoms with Gasteiger partial charge in [0.25, 0.3) is 0 Å². The molecule has 0 bridgehead atoms. The topological polar surface area (TPSA) is 43.8 Å². The van der Waals surface area contributed by atoms with Crippen LogP contribution in [0.25, 0.3) is 0 Å². The molecule has 1 atom stereocenters. The highest BCUT2D eigenvalue weighted by Gasteiger charge is 2.10. The number of unbranched alkanes of at least 4 members (excludes halogenated alkanes) is 3. The smallest absolute Gasteiger partial charge is 0.122 e. The van der Waals surface area contributed by atoms with E-state index < -0.39 is 0 Å². The van der Waals surface area contributed by atoms with E-state index in [2.05, 4.69) is 25.9 Å². The largest absolute Gasteiger partial charge is 0.384 e. The van der Waals surface area contributed by atoms with Gasteiger partial charge in [0.15, 0.2) is 0 Å². The molecule has 1 aromatic rings. The molecular weight excluding hydrogens is 198 g/mol. The third-order valence-electron chi connectivity index (χ3n) is 3.07. The van der Waals surface area contributed by atoms with Crippen LogP contribution in [-0.4, -0.2) is 9.78 Å². The van der Waals surface area contributed by atoms with E-state index in [1.54, 1.807) is 0 Å². The molecule has 16 heavy (non-hydrogen) atoms. The number of nitrogens with two attached hydrogens (primary N) is 1. The first-order chi connectivity index (χ1) is 7.69. The fourth-order valence-electron chi connectivity index (χ4n) is 1.98. The summed E-state index contributed by atoms with van der Waals surface area (Å²) in [5, 5.41) is 4.52. The predicted molar refractivity (Wildman–Crippen MR) is 69.5 cm³/mol. The lowest BCUT2D eigenvalue weighted by Gasteiger charge is -2.13. The Hall–Kier alpha value is -0.990. The predicted octanol–water partition coefficient (Wildman–Crippen LogP) is 3.56. The highest BCUT2D eigenvalue weighted by Crippen LogP contribution is 2.19. The van der Waals surface area contributed by atoms with Gasteiger partial charge in [-0.25, -0.2) is 4.68 Å². The van der Waals surface area contributed by atoms with E-state index in [0.717, 1.165) is 17.9 Å². The van der Waals surface area contributed by atoms with E-state index in [0.29, 0.717) is 6.04 Å². The van der Waals surface area contributed by atoms with Crippen molar-refractivity contribution in [2.45, 2.75) is 65.3 Å². The van der Waals surface area contributed by atoms with Gasteiger partial charge in [-0.2, -0.15) is 5.10 Å². The zero-order valence-electron chi connectivity index (χ0n) is 10.9. The average Bonchev–Trinajstić information content (AvgIpc) is 2.66. The van der Waals surface area contributed by atoms with E-state index in [1.165, 1.54) is 32.1 Å². The second kappa shape index (κ2) is 6.56. The maximum absolute atomic E-state index is 5.95. The number of hydrogen-bond acceptors (Lipinski definition) is 2. The Kier molecular flexibility index (Phi) is 5.36. The summed E-state index contributed by atoms with van der Waals surface area (Å²) in [4.78, 5) is 0. The summed E-state index contributed by atoms with van der Waals surface area (Å²) < 4.78 is 1.98. The molecule has 0 aromatic carbocycles. The zero-order chi connectivity index (χ0) is 12.0. The molecule has 1 aromatic heterocycles. The molecule has 0 aliphatic carbocycles. The van der Waals surface area contributed by atoms with Crippen molar-refractivity contribution < 1.29 is 0 Å². The minimum Gasteiger partial charge on any atom is -0.384 e. The van der Waals surface area contributed by atoms with E-state index in [9.17, 15) is 0 Å². The highest BCUT2D eigenvalue weighted by molar-refractivity contribution is 5.31. The number of rotatable bonds is 7. The number of aryl methyl sites for hydroxylation is 1. The van der Waals surface area contributed by atoms with Crippen molar-refractivity contribution in [3.8, 4) is 0 Å². The molecule has 2 N–H and O–H groups in total. The molecule has 3 heteroatoms. The Labute approximate surface area is 99.0 Å². The second-order valence-electron chi connectivity index (χ2n) is 4.56. The van der Waals surface area contributed by atoms with Crippen LogP contribution >= 0.6 is 0 Å². The summed E-state index contributed by atoms with van der Waals surface area (Å²) in [5.41, 5.74) is 7.04. The first kappa shape index (κ1) is 13.1. The van der Waals surface area contributed by atoms with Crippen LogP contribution in [0.15, 0.2) is 6.07 Å². The summed E-state index contributed by atoms with van der Waals surface area (Å²) in [7, 11) is 0. The molecule has 1 rings (SSSR count). The van der Waals surface area contributed by atoms with Crippen LogP contribution in [0.4, 0.5) is 5.82 Å². The maximum atomic E-state index is 5.95. The Bertz CT molecular complexity index is 304. The summed E-state index contributed by atoms with van der Waals surface area (Å²) in [5.74, 6) is 0.805. The molecule has 3 nitrogen and oxygen atoms in total. The van der Waals surface area contributed by atoms with Crippen LogP contribution in [-0.2, 0) is 6.42 Å². The molecule has 1 unspecified atom stereocenters. The SMILES string of the molecule is CCCCCCC(C)n1nc(CC)cc1N. The van der Waals surface area contributed by atoms with Crippen molar-refractivity contribution in [1.29, 1.82) is 0 Å². The average molecular weight is 223 g/mol. The lowest BCUT2D eigenvalue weighted by Crippen LogP contribution is -2.10.